The van der Waals surface area contributed by atoms with Gasteiger partial charge < -0.3 is 20.0 Å². The normalized spacial score (nSPS) is 15.5. The molecule has 0 unspecified atom stereocenters. The number of benzene rings is 1. The van der Waals surface area contributed by atoms with Crippen LogP contribution in [0.15, 0.2) is 40.8 Å². The largest absolute Gasteiger partial charge is 0.466 e. The van der Waals surface area contributed by atoms with E-state index in [0.717, 1.165) is 62.8 Å². The number of aryl methyl sites for hydroxylation is 2. The van der Waals surface area contributed by atoms with E-state index < -0.39 is 0 Å². The number of furan rings is 1. The van der Waals surface area contributed by atoms with E-state index in [0.29, 0.717) is 13.1 Å². The van der Waals surface area contributed by atoms with Crippen molar-refractivity contribution in [2.24, 2.45) is 0 Å². The molecule has 6 nitrogen and oxygen atoms in total. The first-order valence-corrected chi connectivity index (χ1v) is 10.2. The smallest absolute Gasteiger partial charge is 0.315 e. The third-order valence-electron chi connectivity index (χ3n) is 5.23. The fraction of sp³-hybridized carbons (Fsp3) is 0.500. The van der Waals surface area contributed by atoms with Crippen LogP contribution < -0.4 is 10.6 Å². The van der Waals surface area contributed by atoms with E-state index in [1.807, 2.05) is 19.9 Å². The Morgan fingerprint density at radius 2 is 1.75 bits per heavy atom. The van der Waals surface area contributed by atoms with Crippen LogP contribution in [-0.4, -0.2) is 55.1 Å². The van der Waals surface area contributed by atoms with Crippen molar-refractivity contribution in [1.29, 1.82) is 0 Å². The third kappa shape index (κ3) is 6.39. The Labute approximate surface area is 167 Å². The van der Waals surface area contributed by atoms with Crippen LogP contribution in [0.4, 0.5) is 4.79 Å². The number of carbonyl (C=O) groups excluding carboxylic acids is 1. The molecule has 1 aromatic carbocycles. The van der Waals surface area contributed by atoms with Crippen LogP contribution >= 0.6 is 0 Å². The molecule has 0 atom stereocenters. The molecule has 0 bridgehead atoms. The molecular formula is C22H32N4O2. The Hall–Kier alpha value is -2.31. The quantitative estimate of drug-likeness (QED) is 0.687. The molecule has 152 valence electrons. The van der Waals surface area contributed by atoms with Crippen molar-refractivity contribution in [3.05, 3.63) is 59.0 Å². The van der Waals surface area contributed by atoms with Gasteiger partial charge in [-0.15, -0.1) is 0 Å². The second kappa shape index (κ2) is 10.3. The highest BCUT2D eigenvalue weighted by molar-refractivity contribution is 5.73. The number of rotatable bonds is 8. The zero-order valence-electron chi connectivity index (χ0n) is 17.0. The van der Waals surface area contributed by atoms with E-state index in [1.165, 1.54) is 5.56 Å². The first kappa shape index (κ1) is 20.4. The topological polar surface area (TPSA) is 60.8 Å². The Kier molecular flexibility index (Phi) is 7.51. The lowest BCUT2D eigenvalue weighted by Gasteiger charge is -2.34. The predicted molar refractivity (Wildman–Crippen MR) is 111 cm³/mol. The van der Waals surface area contributed by atoms with Crippen LogP contribution in [0.25, 0.3) is 0 Å². The van der Waals surface area contributed by atoms with Crippen LogP contribution in [0.1, 0.15) is 29.1 Å². The van der Waals surface area contributed by atoms with Gasteiger partial charge in [0.1, 0.15) is 11.5 Å². The van der Waals surface area contributed by atoms with Crippen molar-refractivity contribution < 1.29 is 9.21 Å². The van der Waals surface area contributed by atoms with E-state index in [9.17, 15) is 4.79 Å². The number of hydrogen-bond donors (Lipinski definition) is 2. The Bertz CT molecular complexity index is 736. The van der Waals surface area contributed by atoms with E-state index >= 15 is 0 Å². The molecule has 2 heterocycles. The number of piperazine rings is 1. The number of urea groups is 1. The summed E-state index contributed by atoms with van der Waals surface area (Å²) in [4.78, 5) is 16.9. The second-order valence-electron chi connectivity index (χ2n) is 7.50. The van der Waals surface area contributed by atoms with Gasteiger partial charge in [0, 0.05) is 51.4 Å². The van der Waals surface area contributed by atoms with Crippen molar-refractivity contribution in [3.63, 3.8) is 0 Å². The van der Waals surface area contributed by atoms with Crippen LogP contribution in [0.3, 0.4) is 0 Å². The minimum atomic E-state index is -0.120. The first-order valence-electron chi connectivity index (χ1n) is 10.2. The summed E-state index contributed by atoms with van der Waals surface area (Å²) < 4.78 is 5.47. The van der Waals surface area contributed by atoms with Crippen molar-refractivity contribution in [3.8, 4) is 0 Å². The van der Waals surface area contributed by atoms with E-state index in [-0.39, 0.29) is 6.03 Å². The van der Waals surface area contributed by atoms with Gasteiger partial charge in [-0.1, -0.05) is 30.3 Å². The minimum absolute atomic E-state index is 0.120. The van der Waals surface area contributed by atoms with Gasteiger partial charge in [-0.2, -0.15) is 0 Å². The van der Waals surface area contributed by atoms with Gasteiger partial charge in [0.25, 0.3) is 0 Å². The summed E-state index contributed by atoms with van der Waals surface area (Å²) in [7, 11) is 0. The highest BCUT2D eigenvalue weighted by Crippen LogP contribution is 2.13. The van der Waals surface area contributed by atoms with Gasteiger partial charge in [0.15, 0.2) is 0 Å². The third-order valence-corrected chi connectivity index (χ3v) is 5.23. The van der Waals surface area contributed by atoms with E-state index in [4.69, 9.17) is 4.42 Å². The van der Waals surface area contributed by atoms with Gasteiger partial charge in [0.2, 0.25) is 0 Å². The molecule has 3 rings (SSSR count). The number of nitrogens with zero attached hydrogens (tertiary/aromatic N) is 2. The number of nitrogens with one attached hydrogen (secondary N) is 2. The van der Waals surface area contributed by atoms with Crippen LogP contribution in [0.2, 0.25) is 0 Å². The summed E-state index contributed by atoms with van der Waals surface area (Å²) in [6, 6.07) is 12.5. The maximum atomic E-state index is 11.9. The fourth-order valence-corrected chi connectivity index (χ4v) is 3.61. The molecule has 6 heteroatoms. The van der Waals surface area contributed by atoms with Gasteiger partial charge in [-0.3, -0.25) is 4.90 Å². The number of amides is 2. The average Bonchev–Trinajstić information content (AvgIpc) is 3.03. The molecule has 1 aliphatic heterocycles. The van der Waals surface area contributed by atoms with Crippen molar-refractivity contribution >= 4 is 6.03 Å². The maximum Gasteiger partial charge on any atom is 0.315 e. The molecule has 0 radical (unpaired) electrons. The van der Waals surface area contributed by atoms with Crippen LogP contribution in [0.5, 0.6) is 0 Å². The van der Waals surface area contributed by atoms with E-state index in [2.05, 4.69) is 50.8 Å². The molecule has 0 spiro atoms. The molecule has 1 saturated heterocycles. The Morgan fingerprint density at radius 3 is 2.43 bits per heavy atom. The first-order chi connectivity index (χ1) is 13.6. The molecule has 2 aromatic rings. The monoisotopic (exact) mass is 384 g/mol. The minimum Gasteiger partial charge on any atom is -0.466 e. The molecule has 1 aromatic heterocycles. The lowest BCUT2D eigenvalue weighted by atomic mass is 10.2. The highest BCUT2D eigenvalue weighted by atomic mass is 16.3. The Balaban J connectivity index is 1.25. The molecule has 2 amide bonds. The number of carbonyl (C=O) groups is 1. The van der Waals surface area contributed by atoms with Gasteiger partial charge in [-0.25, -0.2) is 4.79 Å². The average molecular weight is 385 g/mol. The highest BCUT2D eigenvalue weighted by Gasteiger charge is 2.16. The molecule has 1 aliphatic rings. The van der Waals surface area contributed by atoms with Crippen molar-refractivity contribution in [2.45, 2.75) is 33.4 Å². The van der Waals surface area contributed by atoms with Crippen molar-refractivity contribution in [1.82, 2.24) is 20.4 Å². The zero-order valence-corrected chi connectivity index (χ0v) is 17.0. The maximum absolute atomic E-state index is 11.9. The van der Waals surface area contributed by atoms with Gasteiger partial charge >= 0.3 is 6.03 Å². The van der Waals surface area contributed by atoms with E-state index in [1.54, 1.807) is 0 Å². The Morgan fingerprint density at radius 1 is 1.04 bits per heavy atom. The van der Waals surface area contributed by atoms with Gasteiger partial charge in [0.05, 0.1) is 0 Å². The molecular weight excluding hydrogens is 352 g/mol. The predicted octanol–water partition coefficient (Wildman–Crippen LogP) is 2.90. The second-order valence-corrected chi connectivity index (χ2v) is 7.50. The van der Waals surface area contributed by atoms with Crippen LogP contribution in [-0.2, 0) is 13.1 Å². The molecule has 28 heavy (non-hydrogen) atoms. The fourth-order valence-electron chi connectivity index (χ4n) is 3.61. The summed E-state index contributed by atoms with van der Waals surface area (Å²) in [6.07, 6.45) is 0.968. The van der Waals surface area contributed by atoms with Crippen LogP contribution in [0, 0.1) is 13.8 Å². The summed E-state index contributed by atoms with van der Waals surface area (Å²) in [5, 5.41) is 5.83. The van der Waals surface area contributed by atoms with Crippen molar-refractivity contribution in [2.75, 3.05) is 39.3 Å². The lowest BCUT2D eigenvalue weighted by Crippen LogP contribution is -2.46. The SMILES string of the molecule is Cc1cc(CNC(=O)NCCCN2CCN(Cc3ccccc3)CC2)c(C)o1. The lowest BCUT2D eigenvalue weighted by molar-refractivity contribution is 0.126. The molecule has 0 saturated carbocycles. The molecule has 2 N–H and O–H groups in total. The summed E-state index contributed by atoms with van der Waals surface area (Å²) >= 11 is 0. The standard InChI is InChI=1S/C22H32N4O2/c1-18-15-21(19(2)28-18)16-24-22(27)23-9-6-10-25-11-13-26(14-12-25)17-20-7-4-3-5-8-20/h3-5,7-8,15H,6,9-14,16-17H2,1-2H3,(H2,23,24,27). The van der Waals surface area contributed by atoms with Gasteiger partial charge in [-0.05, 0) is 38.4 Å². The summed E-state index contributed by atoms with van der Waals surface area (Å²) in [5.74, 6) is 1.74. The summed E-state index contributed by atoms with van der Waals surface area (Å²) in [6.45, 7) is 11.5. The molecule has 0 aliphatic carbocycles. The molecule has 1 fully saturated rings. The zero-order chi connectivity index (χ0) is 19.8. The number of hydrogen-bond acceptors (Lipinski definition) is 4. The summed E-state index contributed by atoms with van der Waals surface area (Å²) in [5.41, 5.74) is 2.41.